The van der Waals surface area contributed by atoms with E-state index in [2.05, 4.69) is 30.2 Å². The lowest BCUT2D eigenvalue weighted by Gasteiger charge is -2.16. The highest BCUT2D eigenvalue weighted by Crippen LogP contribution is 2.12. The van der Waals surface area contributed by atoms with Gasteiger partial charge in [0.05, 0.1) is 6.10 Å². The molecular formula is C13H20N2O. The van der Waals surface area contributed by atoms with Gasteiger partial charge in [-0.25, -0.2) is 0 Å². The number of aromatic nitrogens is 1. The van der Waals surface area contributed by atoms with E-state index in [1.165, 1.54) is 11.1 Å². The minimum atomic E-state index is 0.360. The van der Waals surface area contributed by atoms with Gasteiger partial charge in [0, 0.05) is 25.0 Å². The van der Waals surface area contributed by atoms with Crippen LogP contribution >= 0.6 is 0 Å². The van der Waals surface area contributed by atoms with E-state index in [1.807, 2.05) is 12.4 Å². The molecule has 16 heavy (non-hydrogen) atoms. The molecule has 2 rings (SSSR count). The van der Waals surface area contributed by atoms with Gasteiger partial charge in [0.15, 0.2) is 0 Å². The molecule has 2 atom stereocenters. The van der Waals surface area contributed by atoms with Crippen molar-refractivity contribution in [2.75, 3.05) is 13.2 Å². The van der Waals surface area contributed by atoms with E-state index in [0.717, 1.165) is 26.0 Å². The number of nitrogens with one attached hydrogen (secondary N) is 1. The van der Waals surface area contributed by atoms with Gasteiger partial charge in [-0.15, -0.1) is 0 Å². The van der Waals surface area contributed by atoms with Crippen LogP contribution in [0.25, 0.3) is 0 Å². The van der Waals surface area contributed by atoms with Gasteiger partial charge in [-0.05, 0) is 50.4 Å². The lowest BCUT2D eigenvalue weighted by Crippen LogP contribution is -2.36. The number of hydrogen-bond donors (Lipinski definition) is 1. The molecule has 3 heteroatoms. The second-order valence-electron chi connectivity index (χ2n) is 4.48. The fourth-order valence-electron chi connectivity index (χ4n) is 2.17. The number of nitrogens with zero attached hydrogens (tertiary/aromatic N) is 1. The minimum Gasteiger partial charge on any atom is -0.377 e. The minimum absolute atomic E-state index is 0.360. The lowest BCUT2D eigenvalue weighted by molar-refractivity contribution is 0.113. The van der Waals surface area contributed by atoms with Gasteiger partial charge < -0.3 is 10.1 Å². The summed E-state index contributed by atoms with van der Waals surface area (Å²) in [5.74, 6) is 0. The maximum Gasteiger partial charge on any atom is 0.0700 e. The average molecular weight is 220 g/mol. The Morgan fingerprint density at radius 3 is 3.12 bits per heavy atom. The predicted molar refractivity (Wildman–Crippen MR) is 64.5 cm³/mol. The maximum atomic E-state index is 5.52. The highest BCUT2D eigenvalue weighted by atomic mass is 16.5. The fourth-order valence-corrected chi connectivity index (χ4v) is 2.17. The van der Waals surface area contributed by atoms with Gasteiger partial charge in [0.2, 0.25) is 0 Å². The summed E-state index contributed by atoms with van der Waals surface area (Å²) in [5.41, 5.74) is 2.66. The third-order valence-corrected chi connectivity index (χ3v) is 3.31. The van der Waals surface area contributed by atoms with Crippen molar-refractivity contribution >= 4 is 0 Å². The van der Waals surface area contributed by atoms with Crippen LogP contribution in [0.15, 0.2) is 18.5 Å². The van der Waals surface area contributed by atoms with E-state index in [0.29, 0.717) is 12.1 Å². The van der Waals surface area contributed by atoms with E-state index in [-0.39, 0.29) is 0 Å². The van der Waals surface area contributed by atoms with E-state index < -0.39 is 0 Å². The molecule has 2 heterocycles. The van der Waals surface area contributed by atoms with Crippen molar-refractivity contribution in [2.45, 2.75) is 38.8 Å². The van der Waals surface area contributed by atoms with Crippen LogP contribution in [0.1, 0.15) is 24.5 Å². The fraction of sp³-hybridized carbons (Fsp3) is 0.615. The molecule has 0 saturated carbocycles. The molecule has 0 bridgehead atoms. The van der Waals surface area contributed by atoms with Gasteiger partial charge in [-0.1, -0.05) is 0 Å². The van der Waals surface area contributed by atoms with Crippen molar-refractivity contribution in [3.63, 3.8) is 0 Å². The van der Waals surface area contributed by atoms with Crippen molar-refractivity contribution in [3.05, 3.63) is 29.6 Å². The number of aryl methyl sites for hydroxylation is 1. The predicted octanol–water partition coefficient (Wildman–Crippen LogP) is 1.70. The molecule has 1 aliphatic heterocycles. The van der Waals surface area contributed by atoms with Crippen LogP contribution in [-0.2, 0) is 11.2 Å². The maximum absolute atomic E-state index is 5.52. The first-order valence-electron chi connectivity index (χ1n) is 6.02. The number of pyridine rings is 1. The average Bonchev–Trinajstić information content (AvgIpc) is 2.67. The van der Waals surface area contributed by atoms with Crippen molar-refractivity contribution in [1.82, 2.24) is 10.3 Å². The Bertz CT molecular complexity index is 340. The summed E-state index contributed by atoms with van der Waals surface area (Å²) in [5, 5.41) is 3.56. The van der Waals surface area contributed by atoms with Gasteiger partial charge in [-0.2, -0.15) is 0 Å². The van der Waals surface area contributed by atoms with Crippen LogP contribution in [0, 0.1) is 6.92 Å². The Kier molecular flexibility index (Phi) is 3.91. The Balaban J connectivity index is 1.78. The normalized spacial score (nSPS) is 24.9. The molecule has 0 aromatic carbocycles. The highest BCUT2D eigenvalue weighted by molar-refractivity contribution is 5.21. The lowest BCUT2D eigenvalue weighted by atomic mass is 10.1. The Morgan fingerprint density at radius 2 is 2.44 bits per heavy atom. The van der Waals surface area contributed by atoms with E-state index >= 15 is 0 Å². The zero-order valence-corrected chi connectivity index (χ0v) is 10.1. The van der Waals surface area contributed by atoms with Gasteiger partial charge in [0.25, 0.3) is 0 Å². The van der Waals surface area contributed by atoms with Crippen molar-refractivity contribution in [1.29, 1.82) is 0 Å². The molecule has 0 aliphatic carbocycles. The Labute approximate surface area is 97.2 Å². The zero-order valence-electron chi connectivity index (χ0n) is 10.1. The molecule has 0 radical (unpaired) electrons. The summed E-state index contributed by atoms with van der Waals surface area (Å²) in [6.07, 6.45) is 6.35. The SMILES string of the molecule is Cc1cnccc1CCNC1CCOC1C. The zero-order chi connectivity index (χ0) is 11.4. The van der Waals surface area contributed by atoms with Crippen LogP contribution in [0.5, 0.6) is 0 Å². The molecule has 2 unspecified atom stereocenters. The van der Waals surface area contributed by atoms with E-state index in [9.17, 15) is 0 Å². The standard InChI is InChI=1S/C13H20N2O/c1-10-9-14-6-3-12(10)4-7-15-13-5-8-16-11(13)2/h3,6,9,11,13,15H,4-5,7-8H2,1-2H3. The summed E-state index contributed by atoms with van der Waals surface area (Å²) in [4.78, 5) is 4.10. The Morgan fingerprint density at radius 1 is 1.56 bits per heavy atom. The largest absolute Gasteiger partial charge is 0.377 e. The number of rotatable bonds is 4. The summed E-state index contributed by atoms with van der Waals surface area (Å²) in [6, 6.07) is 2.63. The summed E-state index contributed by atoms with van der Waals surface area (Å²) in [7, 11) is 0. The summed E-state index contributed by atoms with van der Waals surface area (Å²) >= 11 is 0. The van der Waals surface area contributed by atoms with Crippen molar-refractivity contribution < 1.29 is 4.74 Å². The third-order valence-electron chi connectivity index (χ3n) is 3.31. The highest BCUT2D eigenvalue weighted by Gasteiger charge is 2.22. The topological polar surface area (TPSA) is 34.2 Å². The quantitative estimate of drug-likeness (QED) is 0.838. The van der Waals surface area contributed by atoms with E-state index in [1.54, 1.807) is 0 Å². The molecule has 1 N–H and O–H groups in total. The molecule has 1 aromatic rings. The summed E-state index contributed by atoms with van der Waals surface area (Å²) < 4.78 is 5.52. The molecule has 1 aromatic heterocycles. The first-order chi connectivity index (χ1) is 7.77. The molecule has 1 fully saturated rings. The second kappa shape index (κ2) is 5.41. The van der Waals surface area contributed by atoms with Crippen molar-refractivity contribution in [2.24, 2.45) is 0 Å². The van der Waals surface area contributed by atoms with Crippen LogP contribution in [0.4, 0.5) is 0 Å². The van der Waals surface area contributed by atoms with Crippen LogP contribution in [0.2, 0.25) is 0 Å². The van der Waals surface area contributed by atoms with Crippen LogP contribution in [-0.4, -0.2) is 30.3 Å². The number of ether oxygens (including phenoxy) is 1. The smallest absolute Gasteiger partial charge is 0.0700 e. The molecule has 1 saturated heterocycles. The Hall–Kier alpha value is -0.930. The first-order valence-corrected chi connectivity index (χ1v) is 6.02. The summed E-state index contributed by atoms with van der Waals surface area (Å²) in [6.45, 7) is 6.17. The molecule has 0 spiro atoms. The molecule has 1 aliphatic rings. The molecule has 88 valence electrons. The molecule has 3 nitrogen and oxygen atoms in total. The van der Waals surface area contributed by atoms with Crippen LogP contribution < -0.4 is 5.32 Å². The first kappa shape index (κ1) is 11.6. The van der Waals surface area contributed by atoms with Crippen molar-refractivity contribution in [3.8, 4) is 0 Å². The van der Waals surface area contributed by atoms with Gasteiger partial charge in [-0.3, -0.25) is 4.98 Å². The third kappa shape index (κ3) is 2.80. The monoisotopic (exact) mass is 220 g/mol. The van der Waals surface area contributed by atoms with Crippen LogP contribution in [0.3, 0.4) is 0 Å². The van der Waals surface area contributed by atoms with E-state index in [4.69, 9.17) is 4.74 Å². The van der Waals surface area contributed by atoms with Gasteiger partial charge >= 0.3 is 0 Å². The number of hydrogen-bond acceptors (Lipinski definition) is 3. The molecule has 0 amide bonds. The van der Waals surface area contributed by atoms with Gasteiger partial charge in [0.1, 0.15) is 0 Å². The second-order valence-corrected chi connectivity index (χ2v) is 4.48. The molecular weight excluding hydrogens is 200 g/mol.